The number of halogens is 1. The van der Waals surface area contributed by atoms with Crippen molar-refractivity contribution in [1.82, 2.24) is 5.32 Å². The van der Waals surface area contributed by atoms with Crippen LogP contribution in [0.4, 0.5) is 4.39 Å². The summed E-state index contributed by atoms with van der Waals surface area (Å²) in [6.07, 6.45) is 0.962. The zero-order chi connectivity index (χ0) is 12.7. The Kier molecular flexibility index (Phi) is 3.03. The van der Waals surface area contributed by atoms with Crippen molar-refractivity contribution < 1.29 is 4.39 Å². The summed E-state index contributed by atoms with van der Waals surface area (Å²) in [5.74, 6) is 0.540. The molecule has 1 saturated carbocycles. The molecule has 0 aromatic heterocycles. The molecule has 2 atom stereocenters. The zero-order valence-corrected chi connectivity index (χ0v) is 11.2. The van der Waals surface area contributed by atoms with Crippen LogP contribution in [-0.2, 0) is 6.42 Å². The number of hydrogen-bond acceptors (Lipinski definition) is 1. The largest absolute Gasteiger partial charge is 0.319 e. The molecule has 0 heterocycles. The van der Waals surface area contributed by atoms with Crippen LogP contribution in [0.15, 0.2) is 24.3 Å². The minimum atomic E-state index is -0.130. The topological polar surface area (TPSA) is 12.0 Å². The zero-order valence-electron chi connectivity index (χ0n) is 11.2. The Bertz CT molecular complexity index is 413. The minimum Gasteiger partial charge on any atom is -0.319 e. The molecule has 1 N–H and O–H groups in total. The molecule has 2 rings (SSSR count). The van der Waals surface area contributed by atoms with Gasteiger partial charge in [-0.25, -0.2) is 4.39 Å². The van der Waals surface area contributed by atoms with E-state index in [1.807, 2.05) is 13.1 Å². The highest BCUT2D eigenvalue weighted by Crippen LogP contribution is 2.69. The second kappa shape index (κ2) is 4.09. The van der Waals surface area contributed by atoms with Crippen molar-refractivity contribution in [3.63, 3.8) is 0 Å². The van der Waals surface area contributed by atoms with Gasteiger partial charge in [0.2, 0.25) is 0 Å². The van der Waals surface area contributed by atoms with Crippen molar-refractivity contribution in [2.45, 2.75) is 27.2 Å². The van der Waals surface area contributed by atoms with Gasteiger partial charge in [0.05, 0.1) is 0 Å². The second-order valence-corrected chi connectivity index (χ2v) is 6.06. The molecule has 0 bridgehead atoms. The predicted molar refractivity (Wildman–Crippen MR) is 69.4 cm³/mol. The maximum Gasteiger partial charge on any atom is 0.123 e. The molecule has 0 amide bonds. The number of hydrogen-bond donors (Lipinski definition) is 1. The Balaban J connectivity index is 2.14. The molecule has 2 heteroatoms. The van der Waals surface area contributed by atoms with Crippen molar-refractivity contribution in [2.75, 3.05) is 13.6 Å². The summed E-state index contributed by atoms with van der Waals surface area (Å²) in [6, 6.07) is 7.00. The molecule has 1 aromatic carbocycles. The Hall–Kier alpha value is -0.890. The van der Waals surface area contributed by atoms with Crippen molar-refractivity contribution in [3.05, 3.63) is 35.6 Å². The summed E-state index contributed by atoms with van der Waals surface area (Å²) >= 11 is 0. The van der Waals surface area contributed by atoms with Gasteiger partial charge in [-0.3, -0.25) is 0 Å². The number of rotatable bonds is 4. The van der Waals surface area contributed by atoms with Crippen LogP contribution in [0.5, 0.6) is 0 Å². The molecule has 1 aliphatic carbocycles. The van der Waals surface area contributed by atoms with E-state index < -0.39 is 0 Å². The summed E-state index contributed by atoms with van der Waals surface area (Å²) in [4.78, 5) is 0. The van der Waals surface area contributed by atoms with E-state index in [0.29, 0.717) is 11.3 Å². The standard InChI is InChI=1S/C15H22FN/c1-14(2)13(10-17-4)15(14,3)9-11-6-5-7-12(16)8-11/h5-8,13,17H,9-10H2,1-4H3. The quantitative estimate of drug-likeness (QED) is 0.844. The highest BCUT2D eigenvalue weighted by Gasteiger charge is 2.66. The molecule has 2 unspecified atom stereocenters. The number of benzene rings is 1. The molecule has 94 valence electrons. The lowest BCUT2D eigenvalue weighted by atomic mass is 9.90. The van der Waals surface area contributed by atoms with Gasteiger partial charge in [-0.15, -0.1) is 0 Å². The fourth-order valence-corrected chi connectivity index (χ4v) is 3.30. The average molecular weight is 235 g/mol. The average Bonchev–Trinajstić information content (AvgIpc) is 2.63. The molecule has 0 saturated heterocycles. The highest BCUT2D eigenvalue weighted by atomic mass is 19.1. The minimum absolute atomic E-state index is 0.130. The lowest BCUT2D eigenvalue weighted by Gasteiger charge is -2.14. The van der Waals surface area contributed by atoms with Crippen LogP contribution in [0.1, 0.15) is 26.3 Å². The van der Waals surface area contributed by atoms with E-state index in [4.69, 9.17) is 0 Å². The molecular formula is C15H22FN. The Labute approximate surface area is 103 Å². The van der Waals surface area contributed by atoms with Crippen molar-refractivity contribution in [1.29, 1.82) is 0 Å². The Morgan fingerprint density at radius 2 is 2.00 bits per heavy atom. The first-order valence-corrected chi connectivity index (χ1v) is 6.31. The van der Waals surface area contributed by atoms with Gasteiger partial charge in [0.1, 0.15) is 5.82 Å². The lowest BCUT2D eigenvalue weighted by Crippen LogP contribution is -2.15. The van der Waals surface area contributed by atoms with Gasteiger partial charge in [-0.2, -0.15) is 0 Å². The molecule has 0 spiro atoms. The lowest BCUT2D eigenvalue weighted by molar-refractivity contribution is 0.414. The molecule has 0 aliphatic heterocycles. The van der Waals surface area contributed by atoms with Crippen LogP contribution >= 0.6 is 0 Å². The second-order valence-electron chi connectivity index (χ2n) is 6.06. The smallest absolute Gasteiger partial charge is 0.123 e. The first-order valence-electron chi connectivity index (χ1n) is 6.31. The van der Waals surface area contributed by atoms with Gasteiger partial charge < -0.3 is 5.32 Å². The van der Waals surface area contributed by atoms with Gasteiger partial charge in [0, 0.05) is 0 Å². The SMILES string of the molecule is CNCC1C(C)(C)C1(C)Cc1cccc(F)c1. The maximum absolute atomic E-state index is 13.2. The van der Waals surface area contributed by atoms with Crippen LogP contribution in [0.3, 0.4) is 0 Å². The van der Waals surface area contributed by atoms with Crippen molar-refractivity contribution in [2.24, 2.45) is 16.7 Å². The molecule has 1 nitrogen and oxygen atoms in total. The van der Waals surface area contributed by atoms with Crippen LogP contribution in [0, 0.1) is 22.6 Å². The van der Waals surface area contributed by atoms with Crippen LogP contribution in [-0.4, -0.2) is 13.6 Å². The van der Waals surface area contributed by atoms with Crippen molar-refractivity contribution >= 4 is 0 Å². The van der Waals surface area contributed by atoms with Crippen LogP contribution < -0.4 is 5.32 Å². The van der Waals surface area contributed by atoms with E-state index in [9.17, 15) is 4.39 Å². The molecule has 0 radical (unpaired) electrons. The van der Waals surface area contributed by atoms with Crippen molar-refractivity contribution in [3.8, 4) is 0 Å². The summed E-state index contributed by atoms with van der Waals surface area (Å²) in [6.45, 7) is 7.99. The van der Waals surface area contributed by atoms with Crippen LogP contribution in [0.25, 0.3) is 0 Å². The van der Waals surface area contributed by atoms with Crippen LogP contribution in [0.2, 0.25) is 0 Å². The van der Waals surface area contributed by atoms with E-state index in [1.165, 1.54) is 6.07 Å². The van der Waals surface area contributed by atoms with Gasteiger partial charge in [0.15, 0.2) is 0 Å². The molecule has 1 fully saturated rings. The predicted octanol–water partition coefficient (Wildman–Crippen LogP) is 3.25. The number of nitrogens with one attached hydrogen (secondary N) is 1. The third kappa shape index (κ3) is 1.99. The van der Waals surface area contributed by atoms with E-state index in [0.717, 1.165) is 18.5 Å². The summed E-state index contributed by atoms with van der Waals surface area (Å²) in [5.41, 5.74) is 1.73. The summed E-state index contributed by atoms with van der Waals surface area (Å²) in [5, 5.41) is 3.26. The van der Waals surface area contributed by atoms with Gasteiger partial charge in [-0.1, -0.05) is 32.9 Å². The summed E-state index contributed by atoms with van der Waals surface area (Å²) < 4.78 is 13.2. The molecule has 1 aliphatic rings. The van der Waals surface area contributed by atoms with Gasteiger partial charge >= 0.3 is 0 Å². The molecule has 1 aromatic rings. The van der Waals surface area contributed by atoms with Gasteiger partial charge in [-0.05, 0) is 54.5 Å². The van der Waals surface area contributed by atoms with Gasteiger partial charge in [0.25, 0.3) is 0 Å². The first-order chi connectivity index (χ1) is 7.91. The first kappa shape index (κ1) is 12.6. The molecular weight excluding hydrogens is 213 g/mol. The normalized spacial score (nSPS) is 30.3. The van der Waals surface area contributed by atoms with E-state index >= 15 is 0 Å². The molecule has 17 heavy (non-hydrogen) atoms. The Morgan fingerprint density at radius 3 is 2.59 bits per heavy atom. The highest BCUT2D eigenvalue weighted by molar-refractivity contribution is 5.25. The fourth-order valence-electron chi connectivity index (χ4n) is 3.30. The van der Waals surface area contributed by atoms with E-state index in [-0.39, 0.29) is 11.2 Å². The maximum atomic E-state index is 13.2. The summed E-state index contributed by atoms with van der Waals surface area (Å²) in [7, 11) is 2.00. The van der Waals surface area contributed by atoms with E-state index in [2.05, 4.69) is 26.1 Å². The third-order valence-corrected chi connectivity index (χ3v) is 4.90. The van der Waals surface area contributed by atoms with E-state index in [1.54, 1.807) is 12.1 Å². The fraction of sp³-hybridized carbons (Fsp3) is 0.600. The monoisotopic (exact) mass is 235 g/mol. The Morgan fingerprint density at radius 1 is 1.29 bits per heavy atom. The third-order valence-electron chi connectivity index (χ3n) is 4.90.